The molecule has 4 heterocycles. The highest BCUT2D eigenvalue weighted by Crippen LogP contribution is 2.33. The molecule has 0 bridgehead atoms. The van der Waals surface area contributed by atoms with Gasteiger partial charge in [-0.1, -0.05) is 12.1 Å². The summed E-state index contributed by atoms with van der Waals surface area (Å²) in [4.78, 5) is 26.0. The van der Waals surface area contributed by atoms with Crippen molar-refractivity contribution >= 4 is 5.91 Å². The Hall–Kier alpha value is -2.27. The number of pyridine rings is 2. The van der Waals surface area contributed by atoms with Crippen LogP contribution in [0.2, 0.25) is 0 Å². The van der Waals surface area contributed by atoms with Gasteiger partial charge in [0, 0.05) is 49.7 Å². The fourth-order valence-corrected chi connectivity index (χ4v) is 4.23. The number of nitrogens with zero attached hydrogens (tertiary/aromatic N) is 4. The van der Waals surface area contributed by atoms with Crippen molar-refractivity contribution in [3.05, 3.63) is 59.7 Å². The third-order valence-corrected chi connectivity index (χ3v) is 5.39. The van der Waals surface area contributed by atoms with Gasteiger partial charge in [-0.05, 0) is 43.5 Å². The molecule has 4 rings (SSSR count). The van der Waals surface area contributed by atoms with E-state index >= 15 is 0 Å². The van der Waals surface area contributed by atoms with Crippen molar-refractivity contribution < 1.29 is 4.79 Å². The third kappa shape index (κ3) is 3.42. The first-order valence-corrected chi connectivity index (χ1v) is 9.05. The number of likely N-dealkylation sites (tertiary alicyclic amines) is 2. The molecule has 2 atom stereocenters. The highest BCUT2D eigenvalue weighted by atomic mass is 16.2. The Kier molecular flexibility index (Phi) is 4.49. The number of carbonyl (C=O) groups is 1. The van der Waals surface area contributed by atoms with Crippen molar-refractivity contribution in [3.63, 3.8) is 0 Å². The van der Waals surface area contributed by atoms with E-state index in [0.717, 1.165) is 37.3 Å². The van der Waals surface area contributed by atoms with E-state index in [1.807, 2.05) is 43.6 Å². The number of rotatable bonds is 4. The fourth-order valence-electron chi connectivity index (χ4n) is 4.23. The van der Waals surface area contributed by atoms with Gasteiger partial charge in [-0.25, -0.2) is 0 Å². The van der Waals surface area contributed by atoms with Gasteiger partial charge in [-0.3, -0.25) is 19.7 Å². The molecule has 2 saturated heterocycles. The van der Waals surface area contributed by atoms with Crippen molar-refractivity contribution in [2.24, 2.45) is 0 Å². The quantitative estimate of drug-likeness (QED) is 0.861. The second-order valence-corrected chi connectivity index (χ2v) is 7.09. The number of piperidine rings is 1. The van der Waals surface area contributed by atoms with Gasteiger partial charge in [0.05, 0.1) is 12.2 Å². The molecule has 1 amide bonds. The molecule has 0 radical (unpaired) electrons. The first kappa shape index (κ1) is 16.2. The van der Waals surface area contributed by atoms with E-state index in [4.69, 9.17) is 0 Å². The van der Waals surface area contributed by atoms with Crippen LogP contribution in [0.1, 0.15) is 36.2 Å². The molecule has 25 heavy (non-hydrogen) atoms. The molecule has 5 heteroatoms. The summed E-state index contributed by atoms with van der Waals surface area (Å²) in [6.07, 6.45) is 6.39. The van der Waals surface area contributed by atoms with Gasteiger partial charge in [0.1, 0.15) is 0 Å². The van der Waals surface area contributed by atoms with Crippen molar-refractivity contribution in [2.45, 2.75) is 51.4 Å². The molecule has 0 spiro atoms. The monoisotopic (exact) mass is 336 g/mol. The van der Waals surface area contributed by atoms with Crippen molar-refractivity contribution in [1.82, 2.24) is 19.8 Å². The SMILES string of the molecule is Cc1cccc(CN2C(=O)CC[C@@H]3[C@H]2CCN3Cc2cccnc2)n1. The minimum absolute atomic E-state index is 0.271. The van der Waals surface area contributed by atoms with Gasteiger partial charge in [0.15, 0.2) is 0 Å². The molecule has 2 aromatic rings. The molecule has 2 aliphatic heterocycles. The van der Waals surface area contributed by atoms with Crippen molar-refractivity contribution in [3.8, 4) is 0 Å². The van der Waals surface area contributed by atoms with Crippen LogP contribution in [0.25, 0.3) is 0 Å². The Balaban J connectivity index is 1.49. The molecule has 0 saturated carbocycles. The summed E-state index contributed by atoms with van der Waals surface area (Å²) >= 11 is 0. The Morgan fingerprint density at radius 2 is 2.04 bits per heavy atom. The van der Waals surface area contributed by atoms with Gasteiger partial charge < -0.3 is 4.90 Å². The Bertz CT molecular complexity index is 748. The summed E-state index contributed by atoms with van der Waals surface area (Å²) in [5, 5.41) is 0. The Morgan fingerprint density at radius 3 is 2.84 bits per heavy atom. The standard InChI is InChI=1S/C20H24N4O/c1-15-4-2-6-17(22-15)14-24-19-9-11-23(18(19)7-8-20(24)25)13-16-5-3-10-21-12-16/h2-6,10,12,18-19H,7-9,11,13-14H2,1H3/t18-,19-/m1/s1. The van der Waals surface area contributed by atoms with E-state index in [1.54, 1.807) is 0 Å². The number of hydrogen-bond acceptors (Lipinski definition) is 4. The molecule has 2 aromatic heterocycles. The maximum absolute atomic E-state index is 12.6. The molecule has 0 aromatic carbocycles. The lowest BCUT2D eigenvalue weighted by atomic mass is 9.95. The highest BCUT2D eigenvalue weighted by molar-refractivity contribution is 5.77. The normalized spacial score (nSPS) is 23.7. The average Bonchev–Trinajstić information content (AvgIpc) is 3.01. The van der Waals surface area contributed by atoms with Crippen molar-refractivity contribution in [1.29, 1.82) is 0 Å². The minimum Gasteiger partial charge on any atom is -0.332 e. The second-order valence-electron chi connectivity index (χ2n) is 7.09. The topological polar surface area (TPSA) is 49.3 Å². The lowest BCUT2D eigenvalue weighted by Gasteiger charge is -2.39. The predicted octanol–water partition coefficient (Wildman–Crippen LogP) is 2.55. The molecule has 2 aliphatic rings. The number of aromatic nitrogens is 2. The Morgan fingerprint density at radius 1 is 1.12 bits per heavy atom. The third-order valence-electron chi connectivity index (χ3n) is 5.39. The number of fused-ring (bicyclic) bond motifs is 1. The van der Waals surface area contributed by atoms with Crippen LogP contribution in [0.5, 0.6) is 0 Å². The predicted molar refractivity (Wildman–Crippen MR) is 95.6 cm³/mol. The van der Waals surface area contributed by atoms with E-state index in [0.29, 0.717) is 25.0 Å². The number of amides is 1. The maximum Gasteiger partial charge on any atom is 0.223 e. The van der Waals surface area contributed by atoms with Crippen LogP contribution < -0.4 is 0 Å². The number of carbonyl (C=O) groups excluding carboxylic acids is 1. The minimum atomic E-state index is 0.271. The first-order valence-electron chi connectivity index (χ1n) is 9.05. The second kappa shape index (κ2) is 6.92. The molecule has 0 N–H and O–H groups in total. The van der Waals surface area contributed by atoms with Gasteiger partial charge in [-0.15, -0.1) is 0 Å². The smallest absolute Gasteiger partial charge is 0.223 e. The summed E-state index contributed by atoms with van der Waals surface area (Å²) in [5.41, 5.74) is 3.23. The van der Waals surface area contributed by atoms with E-state index in [2.05, 4.69) is 25.8 Å². The molecule has 2 fully saturated rings. The molecule has 130 valence electrons. The zero-order valence-electron chi connectivity index (χ0n) is 14.6. The van der Waals surface area contributed by atoms with Crippen LogP contribution >= 0.6 is 0 Å². The average molecular weight is 336 g/mol. The van der Waals surface area contributed by atoms with Gasteiger partial charge >= 0.3 is 0 Å². The van der Waals surface area contributed by atoms with E-state index in [1.165, 1.54) is 5.56 Å². The van der Waals surface area contributed by atoms with Gasteiger partial charge in [0.25, 0.3) is 0 Å². The Labute approximate surface area is 148 Å². The van der Waals surface area contributed by atoms with E-state index < -0.39 is 0 Å². The summed E-state index contributed by atoms with van der Waals surface area (Å²) in [6.45, 7) is 4.58. The van der Waals surface area contributed by atoms with Crippen LogP contribution in [0.4, 0.5) is 0 Å². The number of aryl methyl sites for hydroxylation is 1. The largest absolute Gasteiger partial charge is 0.332 e. The molecule has 0 unspecified atom stereocenters. The first-order chi connectivity index (χ1) is 12.2. The van der Waals surface area contributed by atoms with Crippen molar-refractivity contribution in [2.75, 3.05) is 6.54 Å². The molecular weight excluding hydrogens is 312 g/mol. The number of hydrogen-bond donors (Lipinski definition) is 0. The van der Waals surface area contributed by atoms with E-state index in [9.17, 15) is 4.79 Å². The molecule has 0 aliphatic carbocycles. The lowest BCUT2D eigenvalue weighted by molar-refractivity contribution is -0.138. The molecular formula is C20H24N4O. The zero-order valence-corrected chi connectivity index (χ0v) is 14.6. The highest BCUT2D eigenvalue weighted by Gasteiger charge is 2.42. The van der Waals surface area contributed by atoms with Crippen LogP contribution in [0, 0.1) is 6.92 Å². The van der Waals surface area contributed by atoms with E-state index in [-0.39, 0.29) is 5.91 Å². The zero-order chi connectivity index (χ0) is 17.2. The summed E-state index contributed by atoms with van der Waals surface area (Å²) in [5.74, 6) is 0.271. The summed E-state index contributed by atoms with van der Waals surface area (Å²) < 4.78 is 0. The lowest BCUT2D eigenvalue weighted by Crippen LogP contribution is -2.51. The van der Waals surface area contributed by atoms with Gasteiger partial charge in [-0.2, -0.15) is 0 Å². The fraction of sp³-hybridized carbons (Fsp3) is 0.450. The molecule has 5 nitrogen and oxygen atoms in total. The maximum atomic E-state index is 12.6. The van der Waals surface area contributed by atoms with Crippen LogP contribution in [-0.2, 0) is 17.9 Å². The van der Waals surface area contributed by atoms with Crippen LogP contribution in [0.3, 0.4) is 0 Å². The summed E-state index contributed by atoms with van der Waals surface area (Å²) in [7, 11) is 0. The van der Waals surface area contributed by atoms with Gasteiger partial charge in [0.2, 0.25) is 5.91 Å². The van der Waals surface area contributed by atoms with Crippen LogP contribution in [-0.4, -0.2) is 44.3 Å². The summed E-state index contributed by atoms with van der Waals surface area (Å²) in [6, 6.07) is 10.9. The van der Waals surface area contributed by atoms with Crippen LogP contribution in [0.15, 0.2) is 42.7 Å².